The van der Waals surface area contributed by atoms with E-state index in [1.54, 1.807) is 36.4 Å². The number of carbonyl (C=O) groups is 2. The largest absolute Gasteiger partial charge is 0.486 e. The fourth-order valence-corrected chi connectivity index (χ4v) is 5.66. The van der Waals surface area contributed by atoms with E-state index in [1.807, 2.05) is 20.8 Å². The van der Waals surface area contributed by atoms with E-state index in [0.717, 1.165) is 18.2 Å². The SMILES string of the molecule is CC[C@H](C(=O)N[C@@H](C)CC)N(Cc1ccc(Cl)c(Cl)c1)C(=O)CCCN(c1ccc2c(c1)OCCO2)S(C)(=O)=O. The minimum absolute atomic E-state index is 0.0327. The molecule has 0 aliphatic carbocycles. The molecule has 0 unspecified atom stereocenters. The summed E-state index contributed by atoms with van der Waals surface area (Å²) >= 11 is 12.3. The van der Waals surface area contributed by atoms with Crippen LogP contribution in [0.4, 0.5) is 5.69 Å². The van der Waals surface area contributed by atoms with Crippen LogP contribution in [0.3, 0.4) is 0 Å². The van der Waals surface area contributed by atoms with Crippen LogP contribution in [-0.2, 0) is 26.2 Å². The quantitative estimate of drug-likeness (QED) is 0.339. The van der Waals surface area contributed by atoms with E-state index in [0.29, 0.717) is 46.9 Å². The molecule has 2 aromatic carbocycles. The van der Waals surface area contributed by atoms with Gasteiger partial charge in [-0.1, -0.05) is 43.1 Å². The van der Waals surface area contributed by atoms with Gasteiger partial charge in [0, 0.05) is 31.6 Å². The highest BCUT2D eigenvalue weighted by Crippen LogP contribution is 2.35. The van der Waals surface area contributed by atoms with Gasteiger partial charge in [-0.15, -0.1) is 0 Å². The van der Waals surface area contributed by atoms with Crippen LogP contribution in [0.25, 0.3) is 0 Å². The molecule has 0 spiro atoms. The third-order valence-corrected chi connectivity index (χ3v) is 8.62. The van der Waals surface area contributed by atoms with Gasteiger partial charge in [0.2, 0.25) is 21.8 Å². The number of hydrogen-bond acceptors (Lipinski definition) is 6. The summed E-state index contributed by atoms with van der Waals surface area (Å²) < 4.78 is 37.7. The van der Waals surface area contributed by atoms with Crippen molar-refractivity contribution in [3.63, 3.8) is 0 Å². The molecule has 0 saturated carbocycles. The van der Waals surface area contributed by atoms with Gasteiger partial charge in [-0.3, -0.25) is 13.9 Å². The molecule has 1 aliphatic heterocycles. The fourth-order valence-electron chi connectivity index (χ4n) is 4.39. The number of amides is 2. The zero-order valence-electron chi connectivity index (χ0n) is 23.3. The second-order valence-electron chi connectivity index (χ2n) is 9.78. The van der Waals surface area contributed by atoms with Crippen molar-refractivity contribution in [1.29, 1.82) is 0 Å². The van der Waals surface area contributed by atoms with Crippen LogP contribution in [-0.4, -0.2) is 63.2 Å². The van der Waals surface area contributed by atoms with Crippen LogP contribution >= 0.6 is 23.2 Å². The number of anilines is 1. The van der Waals surface area contributed by atoms with Gasteiger partial charge in [0.05, 0.1) is 22.0 Å². The molecule has 2 atom stereocenters. The summed E-state index contributed by atoms with van der Waals surface area (Å²) in [4.78, 5) is 28.3. The van der Waals surface area contributed by atoms with Crippen molar-refractivity contribution in [1.82, 2.24) is 10.2 Å². The molecule has 3 rings (SSSR count). The van der Waals surface area contributed by atoms with E-state index < -0.39 is 16.1 Å². The van der Waals surface area contributed by atoms with Crippen molar-refractivity contribution in [3.05, 3.63) is 52.0 Å². The third-order valence-electron chi connectivity index (χ3n) is 6.69. The molecule has 0 bridgehead atoms. The lowest BCUT2D eigenvalue weighted by atomic mass is 10.1. The van der Waals surface area contributed by atoms with E-state index >= 15 is 0 Å². The molecule has 12 heteroatoms. The predicted molar refractivity (Wildman–Crippen MR) is 158 cm³/mol. The topological polar surface area (TPSA) is 105 Å². The molecule has 1 N–H and O–H groups in total. The van der Waals surface area contributed by atoms with Gasteiger partial charge in [0.1, 0.15) is 19.3 Å². The van der Waals surface area contributed by atoms with E-state index in [4.69, 9.17) is 32.7 Å². The molecular formula is C28H37Cl2N3O6S. The van der Waals surface area contributed by atoms with Crippen LogP contribution in [0, 0.1) is 0 Å². The Morgan fingerprint density at radius 1 is 1.00 bits per heavy atom. The lowest BCUT2D eigenvalue weighted by Crippen LogP contribution is -2.50. The monoisotopic (exact) mass is 613 g/mol. The van der Waals surface area contributed by atoms with Gasteiger partial charge in [0.25, 0.3) is 0 Å². The summed E-state index contributed by atoms with van der Waals surface area (Å²) in [6.07, 6.45) is 2.55. The Morgan fingerprint density at radius 3 is 2.33 bits per heavy atom. The molecule has 40 heavy (non-hydrogen) atoms. The van der Waals surface area contributed by atoms with Crippen molar-refractivity contribution < 1.29 is 27.5 Å². The van der Waals surface area contributed by atoms with E-state index in [9.17, 15) is 18.0 Å². The summed E-state index contributed by atoms with van der Waals surface area (Å²) in [5.74, 6) is 0.518. The van der Waals surface area contributed by atoms with Crippen molar-refractivity contribution >= 4 is 50.7 Å². The number of nitrogens with zero attached hydrogens (tertiary/aromatic N) is 2. The number of sulfonamides is 1. The summed E-state index contributed by atoms with van der Waals surface area (Å²) in [7, 11) is -3.65. The summed E-state index contributed by atoms with van der Waals surface area (Å²) in [5.41, 5.74) is 1.15. The van der Waals surface area contributed by atoms with Gasteiger partial charge in [-0.2, -0.15) is 0 Å². The number of rotatable bonds is 13. The fraction of sp³-hybridized carbons (Fsp3) is 0.500. The smallest absolute Gasteiger partial charge is 0.243 e. The van der Waals surface area contributed by atoms with E-state index in [1.165, 1.54) is 9.21 Å². The Hall–Kier alpha value is -2.69. The number of benzene rings is 2. The number of fused-ring (bicyclic) bond motifs is 1. The molecule has 220 valence electrons. The lowest BCUT2D eigenvalue weighted by Gasteiger charge is -2.32. The molecule has 9 nitrogen and oxygen atoms in total. The Balaban J connectivity index is 1.79. The molecule has 0 aromatic heterocycles. The number of halogens is 2. The first kappa shape index (κ1) is 31.8. The average Bonchev–Trinajstić information content (AvgIpc) is 2.91. The van der Waals surface area contributed by atoms with Gasteiger partial charge in [-0.05, 0) is 56.0 Å². The molecule has 1 heterocycles. The Bertz CT molecular complexity index is 1310. The zero-order chi connectivity index (χ0) is 29.4. The molecule has 2 aromatic rings. The number of hydrogen-bond donors (Lipinski definition) is 1. The summed E-state index contributed by atoms with van der Waals surface area (Å²) in [5, 5.41) is 3.72. The van der Waals surface area contributed by atoms with Crippen LogP contribution in [0.1, 0.15) is 52.0 Å². The van der Waals surface area contributed by atoms with Crippen molar-refractivity contribution in [2.75, 3.05) is 30.3 Å². The Labute approximate surface area is 246 Å². The van der Waals surface area contributed by atoms with Crippen molar-refractivity contribution in [2.24, 2.45) is 0 Å². The second-order valence-corrected chi connectivity index (χ2v) is 12.5. The van der Waals surface area contributed by atoms with Gasteiger partial charge in [-0.25, -0.2) is 8.42 Å². The highest BCUT2D eigenvalue weighted by molar-refractivity contribution is 7.92. The van der Waals surface area contributed by atoms with E-state index in [-0.39, 0.29) is 43.8 Å². The van der Waals surface area contributed by atoms with Crippen LogP contribution in [0.2, 0.25) is 10.0 Å². The molecule has 1 aliphatic rings. The molecule has 0 saturated heterocycles. The van der Waals surface area contributed by atoms with Gasteiger partial charge in [0.15, 0.2) is 11.5 Å². The molecule has 0 radical (unpaired) electrons. The van der Waals surface area contributed by atoms with Gasteiger partial charge >= 0.3 is 0 Å². The van der Waals surface area contributed by atoms with Crippen LogP contribution in [0.15, 0.2) is 36.4 Å². The number of ether oxygens (including phenoxy) is 2. The zero-order valence-corrected chi connectivity index (χ0v) is 25.6. The highest BCUT2D eigenvalue weighted by atomic mass is 35.5. The standard InChI is InChI=1S/C28H37Cl2N3O6S/c1-5-19(3)31-28(35)24(6-2)32(18-20-9-11-22(29)23(30)16-20)27(34)8-7-13-33(40(4,36)37)21-10-12-25-26(17-21)39-15-14-38-25/h9-12,16-17,19,24H,5-8,13-15,18H2,1-4H3,(H,31,35)/t19-,24+/m0/s1. The average molecular weight is 615 g/mol. The lowest BCUT2D eigenvalue weighted by molar-refractivity contribution is -0.141. The van der Waals surface area contributed by atoms with Gasteiger partial charge < -0.3 is 19.7 Å². The number of nitrogens with one attached hydrogen (secondary N) is 1. The normalized spacial score (nSPS) is 14.2. The Kier molecular flexibility index (Phi) is 11.4. The Morgan fingerprint density at radius 2 is 1.70 bits per heavy atom. The van der Waals surface area contributed by atoms with Crippen molar-refractivity contribution in [2.45, 2.75) is 65.1 Å². The first-order chi connectivity index (χ1) is 18.9. The maximum Gasteiger partial charge on any atom is 0.243 e. The minimum atomic E-state index is -3.65. The predicted octanol–water partition coefficient (Wildman–Crippen LogP) is 5.03. The first-order valence-corrected chi connectivity index (χ1v) is 16.0. The number of carbonyl (C=O) groups excluding carboxylic acids is 2. The van der Waals surface area contributed by atoms with Crippen molar-refractivity contribution in [3.8, 4) is 11.5 Å². The summed E-state index contributed by atoms with van der Waals surface area (Å²) in [6.45, 7) is 6.76. The molecular weight excluding hydrogens is 577 g/mol. The van der Waals surface area contributed by atoms with Crippen LogP contribution < -0.4 is 19.1 Å². The maximum atomic E-state index is 13.6. The molecule has 2 amide bonds. The minimum Gasteiger partial charge on any atom is -0.486 e. The summed E-state index contributed by atoms with van der Waals surface area (Å²) in [6, 6.07) is 9.29. The second kappa shape index (κ2) is 14.3. The van der Waals surface area contributed by atoms with E-state index in [2.05, 4.69) is 5.32 Å². The first-order valence-electron chi connectivity index (χ1n) is 13.4. The molecule has 0 fully saturated rings. The van der Waals surface area contributed by atoms with Crippen LogP contribution in [0.5, 0.6) is 11.5 Å². The highest BCUT2D eigenvalue weighted by Gasteiger charge is 2.30. The third kappa shape index (κ3) is 8.41. The maximum absolute atomic E-state index is 13.6.